The lowest BCUT2D eigenvalue weighted by atomic mass is 10.3. The van der Waals surface area contributed by atoms with Crippen LogP contribution in [-0.2, 0) is 4.74 Å². The van der Waals surface area contributed by atoms with Crippen LogP contribution in [0.3, 0.4) is 0 Å². The summed E-state index contributed by atoms with van der Waals surface area (Å²) in [5.41, 5.74) is 5.36. The molecule has 68 valence electrons. The van der Waals surface area contributed by atoms with Crippen molar-refractivity contribution in [3.05, 3.63) is 0 Å². The average Bonchev–Trinajstić information content (AvgIpc) is 1.87. The molecule has 1 atom stereocenters. The Morgan fingerprint density at radius 2 is 2.00 bits per heavy atom. The van der Waals surface area contributed by atoms with Crippen LogP contribution in [0.4, 0.5) is 0 Å². The first kappa shape index (κ1) is 10.9. The molecule has 0 rings (SSSR count). The zero-order valence-corrected chi connectivity index (χ0v) is 7.76. The Morgan fingerprint density at radius 3 is 2.45 bits per heavy atom. The van der Waals surface area contributed by atoms with Crippen LogP contribution in [0.15, 0.2) is 0 Å². The van der Waals surface area contributed by atoms with Gasteiger partial charge in [0.2, 0.25) is 0 Å². The van der Waals surface area contributed by atoms with Gasteiger partial charge in [-0.3, -0.25) is 5.32 Å². The van der Waals surface area contributed by atoms with Crippen molar-refractivity contribution in [3.63, 3.8) is 0 Å². The van der Waals surface area contributed by atoms with Gasteiger partial charge in [-0.25, -0.2) is 0 Å². The fourth-order valence-electron chi connectivity index (χ4n) is 0.675. The Morgan fingerprint density at radius 1 is 1.36 bits per heavy atom. The lowest BCUT2D eigenvalue weighted by molar-refractivity contribution is 0.0451. The summed E-state index contributed by atoms with van der Waals surface area (Å²) in [6.45, 7) is 7.55. The maximum atomic E-state index is 5.40. The van der Waals surface area contributed by atoms with E-state index in [0.717, 1.165) is 6.42 Å². The summed E-state index contributed by atoms with van der Waals surface area (Å²) in [5, 5.41) is 3.17. The highest BCUT2D eigenvalue weighted by Gasteiger charge is 1.99. The van der Waals surface area contributed by atoms with Crippen molar-refractivity contribution in [1.82, 2.24) is 5.32 Å². The van der Waals surface area contributed by atoms with Crippen molar-refractivity contribution in [3.8, 4) is 0 Å². The summed E-state index contributed by atoms with van der Waals surface area (Å²) in [7, 11) is 0. The fraction of sp³-hybridized carbons (Fsp3) is 1.00. The molecule has 0 aliphatic carbocycles. The van der Waals surface area contributed by atoms with Crippen molar-refractivity contribution in [2.24, 2.45) is 5.73 Å². The van der Waals surface area contributed by atoms with E-state index in [4.69, 9.17) is 10.5 Å². The normalized spacial score (nSPS) is 13.9. The summed E-state index contributed by atoms with van der Waals surface area (Å²) >= 11 is 0. The Balaban J connectivity index is 3.10. The SMILES string of the molecule is CC(C)NCOC(C)CCN. The largest absolute Gasteiger partial charge is 0.363 e. The molecule has 1 unspecified atom stereocenters. The Hall–Kier alpha value is -0.120. The predicted octanol–water partition coefficient (Wildman–Crippen LogP) is 0.696. The first-order valence-electron chi connectivity index (χ1n) is 4.22. The van der Waals surface area contributed by atoms with Gasteiger partial charge in [0.1, 0.15) is 0 Å². The molecule has 0 spiro atoms. The maximum absolute atomic E-state index is 5.40. The van der Waals surface area contributed by atoms with Gasteiger partial charge in [-0.1, -0.05) is 0 Å². The Bertz CT molecular complexity index is 86.2. The highest BCUT2D eigenvalue weighted by atomic mass is 16.5. The van der Waals surface area contributed by atoms with E-state index in [9.17, 15) is 0 Å². The van der Waals surface area contributed by atoms with Gasteiger partial charge in [0.15, 0.2) is 0 Å². The van der Waals surface area contributed by atoms with Gasteiger partial charge in [0.25, 0.3) is 0 Å². The lowest BCUT2D eigenvalue weighted by Gasteiger charge is -2.13. The van der Waals surface area contributed by atoms with Gasteiger partial charge < -0.3 is 10.5 Å². The van der Waals surface area contributed by atoms with E-state index < -0.39 is 0 Å². The molecule has 0 aliphatic rings. The van der Waals surface area contributed by atoms with Gasteiger partial charge in [-0.2, -0.15) is 0 Å². The van der Waals surface area contributed by atoms with Crippen molar-refractivity contribution in [2.75, 3.05) is 13.3 Å². The third-order valence-corrected chi connectivity index (χ3v) is 1.43. The minimum atomic E-state index is 0.270. The van der Waals surface area contributed by atoms with Gasteiger partial charge in [0, 0.05) is 6.04 Å². The number of rotatable bonds is 6. The molecule has 0 bridgehead atoms. The van der Waals surface area contributed by atoms with Crippen molar-refractivity contribution in [1.29, 1.82) is 0 Å². The molecule has 0 saturated heterocycles. The standard InChI is InChI=1S/C8H20N2O/c1-7(2)10-6-11-8(3)4-5-9/h7-8,10H,4-6,9H2,1-3H3. The van der Waals surface area contributed by atoms with Crippen LogP contribution in [0, 0.1) is 0 Å². The molecule has 0 aromatic carbocycles. The molecule has 0 aromatic heterocycles. The minimum Gasteiger partial charge on any atom is -0.363 e. The number of ether oxygens (including phenoxy) is 1. The maximum Gasteiger partial charge on any atom is 0.0970 e. The second kappa shape index (κ2) is 6.58. The van der Waals surface area contributed by atoms with Crippen LogP contribution in [0.25, 0.3) is 0 Å². The third-order valence-electron chi connectivity index (χ3n) is 1.43. The van der Waals surface area contributed by atoms with Crippen LogP contribution in [0.1, 0.15) is 27.2 Å². The number of nitrogens with one attached hydrogen (secondary N) is 1. The summed E-state index contributed by atoms with van der Waals surface area (Å²) in [6.07, 6.45) is 1.20. The van der Waals surface area contributed by atoms with Gasteiger partial charge in [-0.05, 0) is 33.7 Å². The van der Waals surface area contributed by atoms with E-state index in [1.165, 1.54) is 0 Å². The minimum absolute atomic E-state index is 0.270. The molecule has 0 saturated carbocycles. The highest BCUT2D eigenvalue weighted by molar-refractivity contribution is 4.51. The van der Waals surface area contributed by atoms with Crippen LogP contribution >= 0.6 is 0 Å². The monoisotopic (exact) mass is 160 g/mol. The third kappa shape index (κ3) is 7.78. The zero-order valence-electron chi connectivity index (χ0n) is 7.76. The molecule has 0 aromatic rings. The first-order chi connectivity index (χ1) is 5.16. The van der Waals surface area contributed by atoms with E-state index in [1.807, 2.05) is 6.92 Å². The van der Waals surface area contributed by atoms with Crippen molar-refractivity contribution >= 4 is 0 Å². The molecule has 3 heteroatoms. The molecule has 11 heavy (non-hydrogen) atoms. The van der Waals surface area contributed by atoms with Crippen LogP contribution < -0.4 is 11.1 Å². The van der Waals surface area contributed by atoms with Crippen LogP contribution in [0.2, 0.25) is 0 Å². The fourth-order valence-corrected chi connectivity index (χ4v) is 0.675. The van der Waals surface area contributed by atoms with E-state index in [-0.39, 0.29) is 6.10 Å². The van der Waals surface area contributed by atoms with E-state index in [2.05, 4.69) is 19.2 Å². The van der Waals surface area contributed by atoms with E-state index >= 15 is 0 Å². The summed E-state index contributed by atoms with van der Waals surface area (Å²) in [6, 6.07) is 0.486. The molecular formula is C8H20N2O. The van der Waals surface area contributed by atoms with Gasteiger partial charge >= 0.3 is 0 Å². The number of hydrogen-bond donors (Lipinski definition) is 2. The molecule has 0 fully saturated rings. The highest BCUT2D eigenvalue weighted by Crippen LogP contribution is 1.93. The molecular weight excluding hydrogens is 140 g/mol. The first-order valence-corrected chi connectivity index (χ1v) is 4.22. The zero-order chi connectivity index (χ0) is 8.69. The number of hydrogen-bond acceptors (Lipinski definition) is 3. The Labute approximate surface area is 69.3 Å². The van der Waals surface area contributed by atoms with Crippen molar-refractivity contribution in [2.45, 2.75) is 39.3 Å². The molecule has 3 nitrogen and oxygen atoms in total. The van der Waals surface area contributed by atoms with Crippen LogP contribution in [-0.4, -0.2) is 25.4 Å². The summed E-state index contributed by atoms with van der Waals surface area (Å²) in [5.74, 6) is 0. The molecule has 3 N–H and O–H groups in total. The van der Waals surface area contributed by atoms with E-state index in [1.54, 1.807) is 0 Å². The smallest absolute Gasteiger partial charge is 0.0970 e. The predicted molar refractivity (Wildman–Crippen MR) is 47.4 cm³/mol. The van der Waals surface area contributed by atoms with Crippen LogP contribution in [0.5, 0.6) is 0 Å². The summed E-state index contributed by atoms with van der Waals surface area (Å²) in [4.78, 5) is 0. The average molecular weight is 160 g/mol. The molecule has 0 aliphatic heterocycles. The molecule has 0 heterocycles. The molecule has 0 radical (unpaired) electrons. The lowest BCUT2D eigenvalue weighted by Crippen LogP contribution is -2.28. The van der Waals surface area contributed by atoms with E-state index in [0.29, 0.717) is 19.3 Å². The number of nitrogens with two attached hydrogens (primary N) is 1. The topological polar surface area (TPSA) is 47.3 Å². The van der Waals surface area contributed by atoms with Crippen molar-refractivity contribution < 1.29 is 4.74 Å². The quantitative estimate of drug-likeness (QED) is 0.562. The summed E-state index contributed by atoms with van der Waals surface area (Å²) < 4.78 is 5.40. The Kier molecular flexibility index (Phi) is 6.51. The van der Waals surface area contributed by atoms with Gasteiger partial charge in [0.05, 0.1) is 12.8 Å². The second-order valence-corrected chi connectivity index (χ2v) is 3.06. The van der Waals surface area contributed by atoms with Gasteiger partial charge in [-0.15, -0.1) is 0 Å². The molecule has 0 amide bonds. The second-order valence-electron chi connectivity index (χ2n) is 3.06.